The zero-order chi connectivity index (χ0) is 15.1. The van der Waals surface area contributed by atoms with Crippen molar-refractivity contribution in [1.29, 1.82) is 0 Å². The molecule has 0 aromatic carbocycles. The van der Waals surface area contributed by atoms with Gasteiger partial charge >= 0.3 is 0 Å². The van der Waals surface area contributed by atoms with Gasteiger partial charge in [-0.1, -0.05) is 13.8 Å². The number of nitrogens with zero attached hydrogens (tertiary/aromatic N) is 4. The van der Waals surface area contributed by atoms with Gasteiger partial charge in [0.15, 0.2) is 11.4 Å². The number of aromatic nitrogens is 4. The summed E-state index contributed by atoms with van der Waals surface area (Å²) >= 11 is 0. The van der Waals surface area contributed by atoms with Crippen LogP contribution in [0.25, 0.3) is 16.8 Å². The Hall–Kier alpha value is -2.63. The summed E-state index contributed by atoms with van der Waals surface area (Å²) in [5.41, 5.74) is 2.11. The number of fused-ring (bicyclic) bond motifs is 1. The zero-order valence-electron chi connectivity index (χ0n) is 12.1. The van der Waals surface area contributed by atoms with E-state index in [0.717, 1.165) is 5.56 Å². The van der Waals surface area contributed by atoms with Crippen molar-refractivity contribution in [2.75, 3.05) is 0 Å². The Morgan fingerprint density at radius 3 is 2.67 bits per heavy atom. The Bertz CT molecular complexity index is 877. The van der Waals surface area contributed by atoms with Gasteiger partial charge in [-0.3, -0.25) is 13.9 Å². The van der Waals surface area contributed by atoms with Gasteiger partial charge in [0.2, 0.25) is 0 Å². The van der Waals surface area contributed by atoms with Crippen LogP contribution in [0.3, 0.4) is 0 Å². The van der Waals surface area contributed by atoms with Gasteiger partial charge in [-0.2, -0.15) is 5.10 Å². The minimum atomic E-state index is -0.150. The fourth-order valence-electron chi connectivity index (χ4n) is 2.33. The molecule has 3 rings (SSSR count). The lowest BCUT2D eigenvalue weighted by atomic mass is 10.1. The summed E-state index contributed by atoms with van der Waals surface area (Å²) in [6.07, 6.45) is 6.63. The molecule has 0 saturated carbocycles. The van der Waals surface area contributed by atoms with Gasteiger partial charge in [0, 0.05) is 42.3 Å². The first-order valence-corrected chi connectivity index (χ1v) is 6.71. The van der Waals surface area contributed by atoms with Crippen LogP contribution >= 0.6 is 0 Å². The monoisotopic (exact) mass is 284 g/mol. The second-order valence-corrected chi connectivity index (χ2v) is 5.35. The van der Waals surface area contributed by atoms with Crippen LogP contribution < -0.4 is 5.56 Å². The summed E-state index contributed by atoms with van der Waals surface area (Å²) < 4.78 is 3.03. The molecule has 108 valence electrons. The second-order valence-electron chi connectivity index (χ2n) is 5.35. The van der Waals surface area contributed by atoms with Crippen molar-refractivity contribution in [2.24, 2.45) is 7.05 Å². The third kappa shape index (κ3) is 2.08. The highest BCUT2D eigenvalue weighted by Gasteiger charge is 2.14. The molecule has 3 aromatic rings. The number of aromatic hydroxyl groups is 1. The molecule has 0 fully saturated rings. The Labute approximate surface area is 121 Å². The van der Waals surface area contributed by atoms with E-state index in [1.54, 1.807) is 36.4 Å². The fraction of sp³-hybridized carbons (Fsp3) is 0.267. The molecule has 3 aromatic heterocycles. The van der Waals surface area contributed by atoms with E-state index in [1.807, 2.05) is 13.8 Å². The summed E-state index contributed by atoms with van der Waals surface area (Å²) in [5, 5.41) is 14.5. The van der Waals surface area contributed by atoms with Gasteiger partial charge in [0.25, 0.3) is 5.56 Å². The Morgan fingerprint density at radius 1 is 1.29 bits per heavy atom. The molecule has 0 radical (unpaired) electrons. The molecule has 0 spiro atoms. The predicted molar refractivity (Wildman–Crippen MR) is 79.4 cm³/mol. The van der Waals surface area contributed by atoms with E-state index in [9.17, 15) is 9.90 Å². The van der Waals surface area contributed by atoms with Crippen LogP contribution in [-0.2, 0) is 7.05 Å². The minimum Gasteiger partial charge on any atom is -0.504 e. The van der Waals surface area contributed by atoms with Crippen molar-refractivity contribution in [3.8, 4) is 16.9 Å². The van der Waals surface area contributed by atoms with Crippen molar-refractivity contribution >= 4 is 5.65 Å². The highest BCUT2D eigenvalue weighted by Crippen LogP contribution is 2.31. The molecule has 0 bridgehead atoms. The predicted octanol–water partition coefficient (Wildman–Crippen LogP) is 1.92. The van der Waals surface area contributed by atoms with Gasteiger partial charge in [-0.15, -0.1) is 0 Å². The van der Waals surface area contributed by atoms with Crippen LogP contribution in [0.5, 0.6) is 5.75 Å². The molecule has 3 heterocycles. The van der Waals surface area contributed by atoms with Crippen LogP contribution in [-0.4, -0.2) is 24.3 Å². The van der Waals surface area contributed by atoms with Gasteiger partial charge in [-0.05, 0) is 12.0 Å². The van der Waals surface area contributed by atoms with Crippen LogP contribution in [0.1, 0.15) is 25.3 Å². The zero-order valence-corrected chi connectivity index (χ0v) is 12.1. The lowest BCUT2D eigenvalue weighted by Gasteiger charge is -2.09. The molecule has 21 heavy (non-hydrogen) atoms. The number of rotatable bonds is 2. The fourth-order valence-corrected chi connectivity index (χ4v) is 2.33. The van der Waals surface area contributed by atoms with Crippen LogP contribution in [0.2, 0.25) is 0 Å². The van der Waals surface area contributed by atoms with E-state index < -0.39 is 0 Å². The van der Waals surface area contributed by atoms with E-state index in [4.69, 9.17) is 0 Å². The van der Waals surface area contributed by atoms with E-state index in [1.165, 1.54) is 10.6 Å². The van der Waals surface area contributed by atoms with Gasteiger partial charge in [0.1, 0.15) is 0 Å². The highest BCUT2D eigenvalue weighted by atomic mass is 16.3. The Kier molecular flexibility index (Phi) is 3.01. The molecule has 0 unspecified atom stereocenters. The van der Waals surface area contributed by atoms with Crippen molar-refractivity contribution in [2.45, 2.75) is 19.8 Å². The number of hydrogen-bond donors (Lipinski definition) is 1. The molecule has 0 aliphatic carbocycles. The Morgan fingerprint density at radius 2 is 2.05 bits per heavy atom. The molecule has 0 atom stereocenters. The first-order chi connectivity index (χ1) is 9.99. The molecular weight excluding hydrogens is 268 g/mol. The van der Waals surface area contributed by atoms with Gasteiger partial charge in [-0.25, -0.2) is 4.98 Å². The maximum absolute atomic E-state index is 12.4. The average Bonchev–Trinajstić information content (AvgIpc) is 2.86. The normalized spacial score (nSPS) is 11.4. The van der Waals surface area contributed by atoms with Crippen molar-refractivity contribution in [1.82, 2.24) is 19.2 Å². The molecule has 0 aliphatic rings. The minimum absolute atomic E-state index is 0.0158. The number of hydrogen-bond acceptors (Lipinski definition) is 4. The summed E-state index contributed by atoms with van der Waals surface area (Å²) in [6, 6.07) is 1.70. The summed E-state index contributed by atoms with van der Waals surface area (Å²) in [6.45, 7) is 3.88. The van der Waals surface area contributed by atoms with E-state index in [0.29, 0.717) is 11.1 Å². The lowest BCUT2D eigenvalue weighted by Crippen LogP contribution is -2.20. The molecule has 1 N–H and O–H groups in total. The maximum Gasteiger partial charge on any atom is 0.261 e. The molecule has 0 amide bonds. The smallest absolute Gasteiger partial charge is 0.261 e. The summed E-state index contributed by atoms with van der Waals surface area (Å²) in [5.74, 6) is 0.0694. The molecule has 0 saturated heterocycles. The van der Waals surface area contributed by atoms with E-state index >= 15 is 0 Å². The van der Waals surface area contributed by atoms with Crippen molar-refractivity contribution < 1.29 is 5.11 Å². The summed E-state index contributed by atoms with van der Waals surface area (Å²) in [4.78, 5) is 16.6. The molecule has 6 nitrogen and oxygen atoms in total. The third-order valence-corrected chi connectivity index (χ3v) is 3.51. The second kappa shape index (κ2) is 4.73. The SMILES string of the molecule is CC(C)c1cnc2c(O)c(-c3cnn(C)c3)ccn2c1=O. The lowest BCUT2D eigenvalue weighted by molar-refractivity contribution is 0.478. The third-order valence-electron chi connectivity index (χ3n) is 3.51. The molecule has 6 heteroatoms. The molecular formula is C15H16N4O2. The Balaban J connectivity index is 2.28. The van der Waals surface area contributed by atoms with E-state index in [-0.39, 0.29) is 22.9 Å². The van der Waals surface area contributed by atoms with E-state index in [2.05, 4.69) is 10.1 Å². The first kappa shape index (κ1) is 13.4. The standard InChI is InChI=1S/C15H16N4O2/c1-9(2)12-7-16-14-13(20)11(4-5-19(14)15(12)21)10-6-17-18(3)8-10/h4-9,20H,1-3H3. The average molecular weight is 284 g/mol. The van der Waals surface area contributed by atoms with Gasteiger partial charge < -0.3 is 5.11 Å². The van der Waals surface area contributed by atoms with Crippen LogP contribution in [0.4, 0.5) is 0 Å². The van der Waals surface area contributed by atoms with Crippen molar-refractivity contribution in [3.05, 3.63) is 46.8 Å². The maximum atomic E-state index is 12.4. The molecule has 0 aliphatic heterocycles. The summed E-state index contributed by atoms with van der Waals surface area (Å²) in [7, 11) is 1.80. The first-order valence-electron chi connectivity index (χ1n) is 6.71. The highest BCUT2D eigenvalue weighted by molar-refractivity contribution is 5.76. The number of aryl methyl sites for hydroxylation is 1. The largest absolute Gasteiger partial charge is 0.504 e. The van der Waals surface area contributed by atoms with Crippen LogP contribution in [0, 0.1) is 0 Å². The number of pyridine rings is 1. The van der Waals surface area contributed by atoms with Gasteiger partial charge in [0.05, 0.1) is 6.20 Å². The topological polar surface area (TPSA) is 72.4 Å². The van der Waals surface area contributed by atoms with Crippen LogP contribution in [0.15, 0.2) is 35.6 Å². The quantitative estimate of drug-likeness (QED) is 0.780. The van der Waals surface area contributed by atoms with Crippen molar-refractivity contribution in [3.63, 3.8) is 0 Å².